The van der Waals surface area contributed by atoms with Crippen LogP contribution in [-0.4, -0.2) is 16.0 Å². The van der Waals surface area contributed by atoms with Gasteiger partial charge < -0.3 is 9.73 Å². The zero-order valence-corrected chi connectivity index (χ0v) is 22.9. The van der Waals surface area contributed by atoms with E-state index in [1.165, 1.54) is 16.9 Å². The van der Waals surface area contributed by atoms with E-state index in [9.17, 15) is 4.79 Å². The molecule has 2 N–H and O–H groups in total. The first-order valence-electron chi connectivity index (χ1n) is 10.9. The fourth-order valence-electron chi connectivity index (χ4n) is 3.68. The predicted octanol–water partition coefficient (Wildman–Crippen LogP) is 8.92. The van der Waals surface area contributed by atoms with Crippen molar-refractivity contribution < 1.29 is 9.21 Å². The summed E-state index contributed by atoms with van der Waals surface area (Å²) in [4.78, 5) is 17.8. The number of oxazole rings is 1. The first-order chi connectivity index (χ1) is 17.2. The molecule has 0 radical (unpaired) electrons. The van der Waals surface area contributed by atoms with Crippen molar-refractivity contribution in [3.8, 4) is 11.5 Å². The number of rotatable bonds is 4. The van der Waals surface area contributed by atoms with E-state index >= 15 is 0 Å². The molecule has 182 valence electrons. The quantitative estimate of drug-likeness (QED) is 0.210. The molecule has 1 amide bonds. The van der Waals surface area contributed by atoms with Crippen LogP contribution < -0.4 is 10.6 Å². The number of benzene rings is 3. The van der Waals surface area contributed by atoms with Gasteiger partial charge in [0.15, 0.2) is 10.7 Å². The molecule has 10 heteroatoms. The van der Waals surface area contributed by atoms with Crippen molar-refractivity contribution >= 4 is 96.3 Å². The molecule has 0 aliphatic heterocycles. The lowest BCUT2D eigenvalue weighted by Crippen LogP contribution is -2.33. The SMILES string of the molecule is CC(C)c1ccc2oc(-c3ccc(Cl)c(NC(=S)NC(=O)c4sc5cc(Cl)ccc5c4Cl)c3)nc2c1. The number of nitrogens with zero attached hydrogens (tertiary/aromatic N) is 1. The van der Waals surface area contributed by atoms with Gasteiger partial charge in [-0.25, -0.2) is 4.98 Å². The Labute approximate surface area is 231 Å². The Balaban J connectivity index is 1.36. The summed E-state index contributed by atoms with van der Waals surface area (Å²) in [7, 11) is 0. The largest absolute Gasteiger partial charge is 0.436 e. The van der Waals surface area contributed by atoms with E-state index in [4.69, 9.17) is 51.4 Å². The van der Waals surface area contributed by atoms with Gasteiger partial charge in [-0.1, -0.05) is 60.8 Å². The monoisotopic (exact) mass is 573 g/mol. The van der Waals surface area contributed by atoms with Crippen molar-refractivity contribution in [1.29, 1.82) is 0 Å². The van der Waals surface area contributed by atoms with Gasteiger partial charge in [0.1, 0.15) is 10.4 Å². The van der Waals surface area contributed by atoms with E-state index in [0.29, 0.717) is 48.6 Å². The van der Waals surface area contributed by atoms with Crippen molar-refractivity contribution in [3.05, 3.63) is 80.1 Å². The topological polar surface area (TPSA) is 67.2 Å². The van der Waals surface area contributed by atoms with Gasteiger partial charge in [-0.2, -0.15) is 0 Å². The van der Waals surface area contributed by atoms with Crippen molar-refractivity contribution in [2.45, 2.75) is 19.8 Å². The molecule has 5 aromatic rings. The lowest BCUT2D eigenvalue weighted by molar-refractivity contribution is 0.0982. The second kappa shape index (κ2) is 10.00. The number of hydrogen-bond donors (Lipinski definition) is 2. The molecule has 0 atom stereocenters. The minimum absolute atomic E-state index is 0.0738. The van der Waals surface area contributed by atoms with Crippen LogP contribution in [0.15, 0.2) is 59.0 Å². The maximum atomic E-state index is 12.9. The second-order valence-corrected chi connectivity index (χ2v) is 11.1. The molecule has 0 bridgehead atoms. The van der Waals surface area contributed by atoms with E-state index in [-0.39, 0.29) is 5.11 Å². The summed E-state index contributed by atoms with van der Waals surface area (Å²) in [5, 5.41) is 7.81. The van der Waals surface area contributed by atoms with Crippen molar-refractivity contribution in [2.24, 2.45) is 0 Å². The van der Waals surface area contributed by atoms with Crippen LogP contribution in [-0.2, 0) is 0 Å². The Morgan fingerprint density at radius 3 is 2.64 bits per heavy atom. The number of carbonyl (C=O) groups is 1. The molecule has 5 rings (SSSR count). The number of thiocarbonyl (C=S) groups is 1. The third kappa shape index (κ3) is 4.94. The lowest BCUT2D eigenvalue weighted by atomic mass is 10.0. The third-order valence-corrected chi connectivity index (χ3v) is 7.99. The van der Waals surface area contributed by atoms with Crippen LogP contribution >= 0.6 is 58.4 Å². The second-order valence-electron chi connectivity index (χ2n) is 8.39. The first kappa shape index (κ1) is 25.0. The average molecular weight is 575 g/mol. The Kier molecular flexibility index (Phi) is 6.94. The number of fused-ring (bicyclic) bond motifs is 2. The van der Waals surface area contributed by atoms with Gasteiger partial charge in [-0.3, -0.25) is 10.1 Å². The Morgan fingerprint density at radius 1 is 1.06 bits per heavy atom. The zero-order chi connectivity index (χ0) is 25.6. The summed E-state index contributed by atoms with van der Waals surface area (Å²) in [5.74, 6) is 0.413. The zero-order valence-electron chi connectivity index (χ0n) is 19.0. The number of aromatic nitrogens is 1. The number of anilines is 1. The van der Waals surface area contributed by atoms with Gasteiger partial charge >= 0.3 is 0 Å². The maximum absolute atomic E-state index is 12.9. The van der Waals surface area contributed by atoms with Crippen LogP contribution in [0.2, 0.25) is 15.1 Å². The van der Waals surface area contributed by atoms with Crippen molar-refractivity contribution in [1.82, 2.24) is 10.3 Å². The van der Waals surface area contributed by atoms with Crippen LogP contribution in [0.4, 0.5) is 5.69 Å². The summed E-state index contributed by atoms with van der Waals surface area (Å²) in [6, 6.07) is 16.6. The molecule has 0 saturated carbocycles. The Bertz CT molecular complexity index is 1660. The van der Waals surface area contributed by atoms with Gasteiger partial charge in [0.2, 0.25) is 5.89 Å². The summed E-state index contributed by atoms with van der Waals surface area (Å²) < 4.78 is 6.77. The molecule has 3 aromatic carbocycles. The number of thiophene rings is 1. The molecule has 5 nitrogen and oxygen atoms in total. The normalized spacial score (nSPS) is 11.4. The Hall–Kier alpha value is -2.68. The van der Waals surface area contributed by atoms with E-state index in [1.54, 1.807) is 30.3 Å². The van der Waals surface area contributed by atoms with Crippen molar-refractivity contribution in [3.63, 3.8) is 0 Å². The minimum Gasteiger partial charge on any atom is -0.436 e. The summed E-state index contributed by atoms with van der Waals surface area (Å²) in [6.07, 6.45) is 0. The highest BCUT2D eigenvalue weighted by Crippen LogP contribution is 2.37. The van der Waals surface area contributed by atoms with Crippen LogP contribution in [0, 0.1) is 0 Å². The van der Waals surface area contributed by atoms with E-state index in [2.05, 4.69) is 29.5 Å². The van der Waals surface area contributed by atoms with E-state index < -0.39 is 5.91 Å². The highest BCUT2D eigenvalue weighted by Gasteiger charge is 2.19. The number of amides is 1. The molecule has 0 aliphatic rings. The third-order valence-electron chi connectivity index (χ3n) is 5.56. The molecule has 0 aliphatic carbocycles. The van der Waals surface area contributed by atoms with Crippen molar-refractivity contribution in [2.75, 3.05) is 5.32 Å². The number of hydrogen-bond acceptors (Lipinski definition) is 5. The van der Waals surface area contributed by atoms with Crippen LogP contribution in [0.3, 0.4) is 0 Å². The predicted molar refractivity (Wildman–Crippen MR) is 154 cm³/mol. The van der Waals surface area contributed by atoms with Gasteiger partial charge in [-0.05, 0) is 66.2 Å². The summed E-state index contributed by atoms with van der Waals surface area (Å²) >= 11 is 25.5. The summed E-state index contributed by atoms with van der Waals surface area (Å²) in [5.41, 5.74) is 3.87. The first-order valence-corrected chi connectivity index (χ1v) is 13.3. The molecular weight excluding hydrogens is 557 g/mol. The molecule has 36 heavy (non-hydrogen) atoms. The van der Waals surface area contributed by atoms with Crippen LogP contribution in [0.25, 0.3) is 32.6 Å². The van der Waals surface area contributed by atoms with Gasteiger partial charge in [-0.15, -0.1) is 11.3 Å². The van der Waals surface area contributed by atoms with Crippen LogP contribution in [0.5, 0.6) is 0 Å². The summed E-state index contributed by atoms with van der Waals surface area (Å²) in [6.45, 7) is 4.26. The molecular formula is C26H18Cl3N3O2S2. The fraction of sp³-hybridized carbons (Fsp3) is 0.115. The van der Waals surface area contributed by atoms with Gasteiger partial charge in [0, 0.05) is 20.7 Å². The Morgan fingerprint density at radius 2 is 1.86 bits per heavy atom. The molecule has 2 heterocycles. The minimum atomic E-state index is -0.429. The maximum Gasteiger partial charge on any atom is 0.269 e. The molecule has 0 unspecified atom stereocenters. The number of carbonyl (C=O) groups excluding carboxylic acids is 1. The van der Waals surface area contributed by atoms with Gasteiger partial charge in [0.25, 0.3) is 5.91 Å². The lowest BCUT2D eigenvalue weighted by Gasteiger charge is -2.11. The molecule has 0 spiro atoms. The standard InChI is InChI=1S/C26H18Cl3N3O2S2/c1-12(2)13-4-8-20-19(9-13)30-25(34-20)14-3-7-17(28)18(10-14)31-26(35)32-24(33)23-22(29)16-6-5-15(27)11-21(16)36-23/h3-12H,1-2H3,(H2,31,32,33,35). The molecule has 2 aromatic heterocycles. The van der Waals surface area contributed by atoms with E-state index in [1.807, 2.05) is 24.3 Å². The smallest absolute Gasteiger partial charge is 0.269 e. The molecule has 0 fully saturated rings. The average Bonchev–Trinajstić information content (AvgIpc) is 3.40. The van der Waals surface area contributed by atoms with Crippen LogP contribution in [0.1, 0.15) is 35.0 Å². The number of halogens is 3. The van der Waals surface area contributed by atoms with Gasteiger partial charge in [0.05, 0.1) is 15.7 Å². The molecule has 0 saturated heterocycles. The highest BCUT2D eigenvalue weighted by molar-refractivity contribution is 7.80. The highest BCUT2D eigenvalue weighted by atomic mass is 35.5. The number of nitrogens with one attached hydrogen (secondary N) is 2. The fourth-order valence-corrected chi connectivity index (χ4v) is 5.74. The van der Waals surface area contributed by atoms with E-state index in [0.717, 1.165) is 15.6 Å².